The molecule has 1 N–H and O–H groups in total. The van der Waals surface area contributed by atoms with E-state index in [0.29, 0.717) is 6.54 Å². The van der Waals surface area contributed by atoms with Crippen LogP contribution in [0.4, 0.5) is 4.79 Å². The Kier molecular flexibility index (Phi) is 5.74. The molecule has 0 radical (unpaired) electrons. The van der Waals surface area contributed by atoms with E-state index < -0.39 is 26.2 Å². The van der Waals surface area contributed by atoms with Crippen LogP contribution in [0.15, 0.2) is 0 Å². The van der Waals surface area contributed by atoms with Crippen LogP contribution in [-0.2, 0) is 9.16 Å². The first-order valence-corrected chi connectivity index (χ1v) is 11.0. The molecule has 1 aliphatic heterocycles. The summed E-state index contributed by atoms with van der Waals surface area (Å²) in [7, 11) is -1.98. The minimum absolute atomic E-state index is 0.0704. The SMILES string of the molecule is CC(C)(C)OC(=O)N1CCC[C@H](O[Si](C)(C)C(C)(C)C)C1O. The van der Waals surface area contributed by atoms with Crippen molar-refractivity contribution in [3.8, 4) is 0 Å². The number of ether oxygens (including phenoxy) is 1. The number of carbonyl (C=O) groups is 1. The normalized spacial score (nSPS) is 24.3. The summed E-state index contributed by atoms with van der Waals surface area (Å²) in [5.74, 6) is 0. The van der Waals surface area contributed by atoms with E-state index in [2.05, 4.69) is 33.9 Å². The van der Waals surface area contributed by atoms with Gasteiger partial charge in [-0.3, -0.25) is 4.90 Å². The van der Waals surface area contributed by atoms with Gasteiger partial charge < -0.3 is 14.3 Å². The third-order valence-corrected chi connectivity index (χ3v) is 8.92. The summed E-state index contributed by atoms with van der Waals surface area (Å²) in [6.45, 7) is 16.8. The predicted molar refractivity (Wildman–Crippen MR) is 90.3 cm³/mol. The minimum Gasteiger partial charge on any atom is -0.444 e. The van der Waals surface area contributed by atoms with Gasteiger partial charge in [0.25, 0.3) is 0 Å². The van der Waals surface area contributed by atoms with E-state index in [-0.39, 0.29) is 11.1 Å². The Bertz CT molecular complexity index is 398. The average Bonchev–Trinajstić information content (AvgIpc) is 2.27. The van der Waals surface area contributed by atoms with Gasteiger partial charge in [-0.25, -0.2) is 4.79 Å². The van der Waals surface area contributed by atoms with Crippen molar-refractivity contribution in [2.24, 2.45) is 0 Å². The number of hydrogen-bond donors (Lipinski definition) is 1. The predicted octanol–water partition coefficient (Wildman–Crippen LogP) is 3.73. The molecule has 5 nitrogen and oxygen atoms in total. The summed E-state index contributed by atoms with van der Waals surface area (Å²) >= 11 is 0. The summed E-state index contributed by atoms with van der Waals surface area (Å²) in [6, 6.07) is 0. The molecule has 130 valence electrons. The van der Waals surface area contributed by atoms with Gasteiger partial charge in [-0.2, -0.15) is 0 Å². The zero-order valence-electron chi connectivity index (χ0n) is 15.4. The van der Waals surface area contributed by atoms with Crippen LogP contribution in [0.1, 0.15) is 54.4 Å². The summed E-state index contributed by atoms with van der Waals surface area (Å²) < 4.78 is 11.7. The molecule has 1 heterocycles. The molecule has 1 saturated heterocycles. The van der Waals surface area contributed by atoms with Gasteiger partial charge in [-0.1, -0.05) is 20.8 Å². The van der Waals surface area contributed by atoms with E-state index in [4.69, 9.17) is 9.16 Å². The number of nitrogens with zero attached hydrogens (tertiary/aromatic N) is 1. The van der Waals surface area contributed by atoms with Crippen LogP contribution in [0.25, 0.3) is 0 Å². The number of hydrogen-bond acceptors (Lipinski definition) is 4. The highest BCUT2D eigenvalue weighted by Gasteiger charge is 2.43. The lowest BCUT2D eigenvalue weighted by molar-refractivity contribution is -0.101. The van der Waals surface area contributed by atoms with Crippen molar-refractivity contribution >= 4 is 14.4 Å². The summed E-state index contributed by atoms with van der Waals surface area (Å²) in [4.78, 5) is 13.6. The quantitative estimate of drug-likeness (QED) is 0.783. The van der Waals surface area contributed by atoms with Gasteiger partial charge in [-0.05, 0) is 51.7 Å². The van der Waals surface area contributed by atoms with Crippen molar-refractivity contribution < 1.29 is 19.1 Å². The lowest BCUT2D eigenvalue weighted by Gasteiger charge is -2.44. The number of rotatable bonds is 2. The number of piperidine rings is 1. The third-order valence-electron chi connectivity index (χ3n) is 4.42. The highest BCUT2D eigenvalue weighted by Crippen LogP contribution is 2.39. The molecular formula is C16H33NO4Si. The van der Waals surface area contributed by atoms with Crippen LogP contribution in [0.2, 0.25) is 18.1 Å². The first kappa shape index (κ1) is 19.5. The first-order chi connectivity index (χ1) is 9.74. The maximum Gasteiger partial charge on any atom is 0.412 e. The van der Waals surface area contributed by atoms with E-state index in [9.17, 15) is 9.90 Å². The van der Waals surface area contributed by atoms with Crippen LogP contribution in [0.5, 0.6) is 0 Å². The Morgan fingerprint density at radius 3 is 2.18 bits per heavy atom. The number of aliphatic hydroxyl groups excluding tert-OH is 1. The van der Waals surface area contributed by atoms with Crippen LogP contribution in [0, 0.1) is 0 Å². The molecule has 1 unspecified atom stereocenters. The lowest BCUT2D eigenvalue weighted by atomic mass is 10.1. The monoisotopic (exact) mass is 331 g/mol. The minimum atomic E-state index is -1.98. The molecule has 0 aromatic carbocycles. The van der Waals surface area contributed by atoms with Gasteiger partial charge in [-0.15, -0.1) is 0 Å². The van der Waals surface area contributed by atoms with Gasteiger partial charge in [0.2, 0.25) is 0 Å². The van der Waals surface area contributed by atoms with Crippen LogP contribution < -0.4 is 0 Å². The second kappa shape index (κ2) is 6.49. The topological polar surface area (TPSA) is 59.0 Å². The Labute approximate surface area is 136 Å². The zero-order valence-corrected chi connectivity index (χ0v) is 16.4. The van der Waals surface area contributed by atoms with E-state index in [1.165, 1.54) is 4.90 Å². The average molecular weight is 332 g/mol. The second-order valence-corrected chi connectivity index (χ2v) is 13.4. The molecule has 1 fully saturated rings. The standard InChI is InChI=1S/C16H33NO4Si/c1-15(2,3)20-14(19)17-11-9-10-12(13(17)18)21-22(7,8)16(4,5)6/h12-13,18H,9-11H2,1-8H3/t12-,13?/m0/s1. The van der Waals surface area contributed by atoms with E-state index in [1.807, 2.05) is 20.8 Å². The van der Waals surface area contributed by atoms with Crippen LogP contribution >= 0.6 is 0 Å². The number of likely N-dealkylation sites (tertiary alicyclic amines) is 1. The van der Waals surface area contributed by atoms with Gasteiger partial charge >= 0.3 is 6.09 Å². The van der Waals surface area contributed by atoms with Crippen LogP contribution in [-0.4, -0.2) is 48.9 Å². The summed E-state index contributed by atoms with van der Waals surface area (Å²) in [5.41, 5.74) is -0.565. The van der Waals surface area contributed by atoms with Crippen molar-refractivity contribution in [3.05, 3.63) is 0 Å². The Hall–Kier alpha value is -0.593. The third kappa shape index (κ3) is 4.96. The van der Waals surface area contributed by atoms with Crippen molar-refractivity contribution in [2.45, 2.75) is 90.4 Å². The molecule has 0 bridgehead atoms. The molecule has 1 amide bonds. The fourth-order valence-corrected chi connectivity index (χ4v) is 3.49. The number of carbonyl (C=O) groups excluding carboxylic acids is 1. The number of amides is 1. The maximum absolute atomic E-state index is 12.2. The van der Waals surface area contributed by atoms with Crippen molar-refractivity contribution in [1.29, 1.82) is 0 Å². The van der Waals surface area contributed by atoms with E-state index >= 15 is 0 Å². The molecule has 22 heavy (non-hydrogen) atoms. The largest absolute Gasteiger partial charge is 0.444 e. The molecule has 0 spiro atoms. The highest BCUT2D eigenvalue weighted by atomic mass is 28.4. The molecule has 0 aromatic heterocycles. The molecule has 0 saturated carbocycles. The second-order valence-electron chi connectivity index (χ2n) is 8.65. The molecular weight excluding hydrogens is 298 g/mol. The molecule has 1 rings (SSSR count). The van der Waals surface area contributed by atoms with E-state index in [0.717, 1.165) is 12.8 Å². The fourth-order valence-electron chi connectivity index (χ4n) is 2.14. The number of aliphatic hydroxyl groups is 1. The maximum atomic E-state index is 12.2. The summed E-state index contributed by atoms with van der Waals surface area (Å²) in [6.07, 6.45) is -0.147. The van der Waals surface area contributed by atoms with Gasteiger partial charge in [0, 0.05) is 6.54 Å². The fraction of sp³-hybridized carbons (Fsp3) is 0.938. The lowest BCUT2D eigenvalue weighted by Crippen LogP contribution is -2.56. The van der Waals surface area contributed by atoms with Gasteiger partial charge in [0.15, 0.2) is 14.5 Å². The Morgan fingerprint density at radius 1 is 1.18 bits per heavy atom. The van der Waals surface area contributed by atoms with Gasteiger partial charge in [0.1, 0.15) is 5.60 Å². The first-order valence-electron chi connectivity index (χ1n) is 8.10. The molecule has 0 aromatic rings. The van der Waals surface area contributed by atoms with Crippen molar-refractivity contribution in [1.82, 2.24) is 4.90 Å². The Morgan fingerprint density at radius 2 is 1.73 bits per heavy atom. The smallest absolute Gasteiger partial charge is 0.412 e. The van der Waals surface area contributed by atoms with Crippen molar-refractivity contribution in [2.75, 3.05) is 6.54 Å². The molecule has 2 atom stereocenters. The molecule has 6 heteroatoms. The zero-order chi connectivity index (χ0) is 17.3. The van der Waals surface area contributed by atoms with E-state index in [1.54, 1.807) is 0 Å². The molecule has 1 aliphatic rings. The van der Waals surface area contributed by atoms with Crippen LogP contribution in [0.3, 0.4) is 0 Å². The van der Waals surface area contributed by atoms with Gasteiger partial charge in [0.05, 0.1) is 6.10 Å². The highest BCUT2D eigenvalue weighted by molar-refractivity contribution is 6.74. The van der Waals surface area contributed by atoms with Crippen molar-refractivity contribution in [3.63, 3.8) is 0 Å². The Balaban J connectivity index is 2.78. The molecule has 0 aliphatic carbocycles. The summed E-state index contributed by atoms with van der Waals surface area (Å²) in [5, 5.41) is 10.6.